The third kappa shape index (κ3) is 5.61. The highest BCUT2D eigenvalue weighted by molar-refractivity contribution is 5.40. The fraction of sp³-hybridized carbons (Fsp3) is 0.688. The van der Waals surface area contributed by atoms with Crippen LogP contribution in [-0.4, -0.2) is 66.5 Å². The zero-order valence-electron chi connectivity index (χ0n) is 14.0. The van der Waals surface area contributed by atoms with E-state index in [1.54, 1.807) is 0 Å². The number of piperazine rings is 1. The smallest absolute Gasteiger partial charge is 0.389 e. The number of aliphatic hydroxyl groups is 1. The van der Waals surface area contributed by atoms with Crippen LogP contribution in [0.15, 0.2) is 18.3 Å². The topological polar surface area (TPSA) is 48.8 Å². The van der Waals surface area contributed by atoms with Crippen LogP contribution in [0.4, 0.5) is 19.0 Å². The number of nitrogens with zero attached hydrogens (tertiary/aromatic N) is 3. The molecule has 1 atom stereocenters. The molecule has 8 heteroatoms. The average Bonchev–Trinajstić information content (AvgIpc) is 2.53. The van der Waals surface area contributed by atoms with Crippen molar-refractivity contribution in [1.29, 1.82) is 0 Å². The average molecular weight is 347 g/mol. The quantitative estimate of drug-likeness (QED) is 0.853. The first-order valence-electron chi connectivity index (χ1n) is 8.06. The highest BCUT2D eigenvalue weighted by Gasteiger charge is 2.31. The zero-order valence-corrected chi connectivity index (χ0v) is 14.0. The van der Waals surface area contributed by atoms with E-state index in [1.807, 2.05) is 18.7 Å². The molecule has 0 spiro atoms. The molecular formula is C16H24F3N3O2. The molecular weight excluding hydrogens is 323 g/mol. The number of aliphatic hydroxyl groups excluding tert-OH is 1. The van der Waals surface area contributed by atoms with Gasteiger partial charge in [0, 0.05) is 38.9 Å². The summed E-state index contributed by atoms with van der Waals surface area (Å²) in [6.07, 6.45) is -3.95. The van der Waals surface area contributed by atoms with Crippen LogP contribution >= 0.6 is 0 Å². The Morgan fingerprint density at radius 3 is 2.38 bits per heavy atom. The van der Waals surface area contributed by atoms with E-state index >= 15 is 0 Å². The van der Waals surface area contributed by atoms with Gasteiger partial charge in [-0.05, 0) is 26.0 Å². The summed E-state index contributed by atoms with van der Waals surface area (Å²) in [4.78, 5) is 7.99. The largest absolute Gasteiger partial charge is 0.417 e. The minimum atomic E-state index is -4.36. The molecule has 5 nitrogen and oxygen atoms in total. The van der Waals surface area contributed by atoms with E-state index in [-0.39, 0.29) is 6.10 Å². The Hall–Kier alpha value is -1.38. The zero-order chi connectivity index (χ0) is 17.7. The molecule has 1 unspecified atom stereocenters. The van der Waals surface area contributed by atoms with Crippen molar-refractivity contribution in [3.8, 4) is 0 Å². The molecule has 1 saturated heterocycles. The highest BCUT2D eigenvalue weighted by Crippen LogP contribution is 2.29. The number of anilines is 1. The van der Waals surface area contributed by atoms with E-state index in [0.717, 1.165) is 25.4 Å². The normalized spacial score (nSPS) is 18.2. The Labute approximate surface area is 140 Å². The van der Waals surface area contributed by atoms with Crippen LogP contribution in [0.1, 0.15) is 19.4 Å². The molecule has 2 heterocycles. The lowest BCUT2D eigenvalue weighted by Crippen LogP contribution is -2.49. The summed E-state index contributed by atoms with van der Waals surface area (Å²) < 4.78 is 43.0. The minimum Gasteiger partial charge on any atom is -0.389 e. The number of aromatic nitrogens is 1. The Morgan fingerprint density at radius 2 is 1.88 bits per heavy atom. The molecule has 0 radical (unpaired) electrons. The standard InChI is InChI=1S/C16H24F3N3O2/c1-12(2)24-11-14(23)10-21-5-7-22(8-6-21)15-4-3-13(9-20-15)16(17,18)19/h3-4,9,12,14,23H,5-8,10-11H2,1-2H3. The molecule has 0 aromatic carbocycles. The van der Waals surface area contributed by atoms with Gasteiger partial charge in [0.15, 0.2) is 0 Å². The Kier molecular flexibility index (Phi) is 6.42. The van der Waals surface area contributed by atoms with Crippen LogP contribution in [-0.2, 0) is 10.9 Å². The van der Waals surface area contributed by atoms with Crippen LogP contribution in [0.2, 0.25) is 0 Å². The van der Waals surface area contributed by atoms with Gasteiger partial charge in [0.1, 0.15) is 5.82 Å². The molecule has 1 fully saturated rings. The molecule has 136 valence electrons. The van der Waals surface area contributed by atoms with Crippen LogP contribution in [0.3, 0.4) is 0 Å². The Bertz CT molecular complexity index is 500. The summed E-state index contributed by atoms with van der Waals surface area (Å²) >= 11 is 0. The predicted molar refractivity (Wildman–Crippen MR) is 85.0 cm³/mol. The van der Waals surface area contributed by atoms with Gasteiger partial charge < -0.3 is 14.7 Å². The first-order chi connectivity index (χ1) is 11.3. The monoisotopic (exact) mass is 347 g/mol. The van der Waals surface area contributed by atoms with E-state index in [1.165, 1.54) is 6.07 Å². The van der Waals surface area contributed by atoms with E-state index in [9.17, 15) is 18.3 Å². The van der Waals surface area contributed by atoms with Crippen molar-refractivity contribution in [2.24, 2.45) is 0 Å². The summed E-state index contributed by atoms with van der Waals surface area (Å²) in [5, 5.41) is 9.94. The summed E-state index contributed by atoms with van der Waals surface area (Å²) in [5.41, 5.74) is -0.738. The van der Waals surface area contributed by atoms with Gasteiger partial charge >= 0.3 is 6.18 Å². The van der Waals surface area contributed by atoms with Crippen LogP contribution < -0.4 is 4.90 Å². The number of β-amino-alcohol motifs (C(OH)–C–C–N with tert-alkyl or cyclic N) is 1. The van der Waals surface area contributed by atoms with Gasteiger partial charge in [0.2, 0.25) is 0 Å². The van der Waals surface area contributed by atoms with E-state index in [2.05, 4.69) is 9.88 Å². The third-order valence-electron chi connectivity index (χ3n) is 3.86. The van der Waals surface area contributed by atoms with E-state index in [4.69, 9.17) is 4.74 Å². The predicted octanol–water partition coefficient (Wildman–Crippen LogP) is 2.01. The van der Waals surface area contributed by atoms with E-state index < -0.39 is 17.8 Å². The van der Waals surface area contributed by atoms with Crippen LogP contribution in [0.25, 0.3) is 0 Å². The van der Waals surface area contributed by atoms with Crippen molar-refractivity contribution in [3.63, 3.8) is 0 Å². The second-order valence-corrected chi connectivity index (χ2v) is 6.23. The summed E-state index contributed by atoms with van der Waals surface area (Å²) in [5.74, 6) is 0.548. The number of rotatable bonds is 6. The van der Waals surface area contributed by atoms with Crippen LogP contribution in [0.5, 0.6) is 0 Å². The first-order valence-corrected chi connectivity index (χ1v) is 8.06. The summed E-state index contributed by atoms with van der Waals surface area (Å²) in [6.45, 7) is 7.44. The molecule has 0 aliphatic carbocycles. The molecule has 2 rings (SSSR count). The molecule has 1 aliphatic rings. The lowest BCUT2D eigenvalue weighted by Gasteiger charge is -2.36. The maximum absolute atomic E-state index is 12.6. The van der Waals surface area contributed by atoms with Crippen LogP contribution in [0, 0.1) is 0 Å². The molecule has 1 N–H and O–H groups in total. The van der Waals surface area contributed by atoms with Gasteiger partial charge in [-0.15, -0.1) is 0 Å². The molecule has 1 aliphatic heterocycles. The Balaban J connectivity index is 1.80. The van der Waals surface area contributed by atoms with E-state index in [0.29, 0.717) is 32.1 Å². The van der Waals surface area contributed by atoms with Gasteiger partial charge in [-0.25, -0.2) is 4.98 Å². The first kappa shape index (κ1) is 19.0. The summed E-state index contributed by atoms with van der Waals surface area (Å²) in [6, 6.07) is 2.46. The number of halogens is 3. The molecule has 1 aromatic rings. The van der Waals surface area contributed by atoms with Gasteiger partial charge in [-0.2, -0.15) is 13.2 Å². The fourth-order valence-electron chi connectivity index (χ4n) is 2.55. The number of hydrogen-bond acceptors (Lipinski definition) is 5. The van der Waals surface area contributed by atoms with Gasteiger partial charge in [-0.3, -0.25) is 4.90 Å². The van der Waals surface area contributed by atoms with Gasteiger partial charge in [-0.1, -0.05) is 0 Å². The molecule has 0 bridgehead atoms. The molecule has 0 saturated carbocycles. The van der Waals surface area contributed by atoms with Crippen molar-refractivity contribution in [2.45, 2.75) is 32.2 Å². The number of hydrogen-bond donors (Lipinski definition) is 1. The Morgan fingerprint density at radius 1 is 1.21 bits per heavy atom. The van der Waals surface area contributed by atoms with Gasteiger partial charge in [0.05, 0.1) is 24.4 Å². The number of ether oxygens (including phenoxy) is 1. The second-order valence-electron chi connectivity index (χ2n) is 6.23. The fourth-order valence-corrected chi connectivity index (χ4v) is 2.55. The van der Waals surface area contributed by atoms with Crippen molar-refractivity contribution in [2.75, 3.05) is 44.2 Å². The third-order valence-corrected chi connectivity index (χ3v) is 3.86. The minimum absolute atomic E-state index is 0.0854. The number of pyridine rings is 1. The van der Waals surface area contributed by atoms with Gasteiger partial charge in [0.25, 0.3) is 0 Å². The number of alkyl halides is 3. The highest BCUT2D eigenvalue weighted by atomic mass is 19.4. The second kappa shape index (κ2) is 8.13. The SMILES string of the molecule is CC(C)OCC(O)CN1CCN(c2ccc(C(F)(F)F)cn2)CC1. The van der Waals surface area contributed by atoms with Crippen molar-refractivity contribution < 1.29 is 23.0 Å². The van der Waals surface area contributed by atoms with Crippen molar-refractivity contribution >= 4 is 5.82 Å². The maximum atomic E-state index is 12.6. The lowest BCUT2D eigenvalue weighted by molar-refractivity contribution is -0.137. The molecule has 1 aromatic heterocycles. The van der Waals surface area contributed by atoms with Crippen molar-refractivity contribution in [3.05, 3.63) is 23.9 Å². The molecule has 0 amide bonds. The molecule has 24 heavy (non-hydrogen) atoms. The lowest BCUT2D eigenvalue weighted by atomic mass is 10.2. The maximum Gasteiger partial charge on any atom is 0.417 e. The van der Waals surface area contributed by atoms with Crippen molar-refractivity contribution in [1.82, 2.24) is 9.88 Å². The summed E-state index contributed by atoms with van der Waals surface area (Å²) in [7, 11) is 0.